The first-order valence-corrected chi connectivity index (χ1v) is 4.73. The summed E-state index contributed by atoms with van der Waals surface area (Å²) in [4.78, 5) is 0. The quantitative estimate of drug-likeness (QED) is 0.784. The summed E-state index contributed by atoms with van der Waals surface area (Å²) in [6, 6.07) is 2.09. The van der Waals surface area contributed by atoms with Crippen molar-refractivity contribution in [3.05, 3.63) is 32.8 Å². The van der Waals surface area contributed by atoms with Gasteiger partial charge in [0, 0.05) is 4.47 Å². The lowest BCUT2D eigenvalue weighted by molar-refractivity contribution is 0.280. The molecule has 0 radical (unpaired) electrons. The third-order valence-corrected chi connectivity index (χ3v) is 3.42. The first kappa shape index (κ1) is 9.75. The van der Waals surface area contributed by atoms with Gasteiger partial charge in [-0.1, -0.05) is 22.0 Å². The number of aliphatic hydroxyl groups is 1. The van der Waals surface area contributed by atoms with Gasteiger partial charge in [-0.15, -0.1) is 0 Å². The van der Waals surface area contributed by atoms with Crippen LogP contribution in [0.25, 0.3) is 0 Å². The summed E-state index contributed by atoms with van der Waals surface area (Å²) in [6.45, 7) is 6.23. The third-order valence-electron chi connectivity index (χ3n) is 2.20. The summed E-state index contributed by atoms with van der Waals surface area (Å²) < 4.78 is 1.11. The van der Waals surface area contributed by atoms with Crippen molar-refractivity contribution in [3.8, 4) is 0 Å². The first-order valence-electron chi connectivity index (χ1n) is 3.94. The van der Waals surface area contributed by atoms with Crippen molar-refractivity contribution in [1.29, 1.82) is 0 Å². The zero-order valence-electron chi connectivity index (χ0n) is 7.61. The van der Waals surface area contributed by atoms with E-state index in [9.17, 15) is 0 Å². The maximum atomic E-state index is 9.09. The fourth-order valence-corrected chi connectivity index (χ4v) is 1.80. The topological polar surface area (TPSA) is 20.2 Å². The van der Waals surface area contributed by atoms with E-state index < -0.39 is 0 Å². The molecule has 66 valence electrons. The summed E-state index contributed by atoms with van der Waals surface area (Å²) in [5.74, 6) is 0. The molecule has 0 aliphatic rings. The van der Waals surface area contributed by atoms with Crippen molar-refractivity contribution in [1.82, 2.24) is 0 Å². The zero-order chi connectivity index (χ0) is 9.30. The molecule has 0 spiro atoms. The van der Waals surface area contributed by atoms with Crippen LogP contribution in [0.15, 0.2) is 10.5 Å². The molecule has 1 aromatic rings. The molecule has 12 heavy (non-hydrogen) atoms. The minimum atomic E-state index is 0.122. The Morgan fingerprint density at radius 2 is 1.83 bits per heavy atom. The van der Waals surface area contributed by atoms with Gasteiger partial charge in [0.2, 0.25) is 0 Å². The van der Waals surface area contributed by atoms with Crippen LogP contribution >= 0.6 is 15.9 Å². The van der Waals surface area contributed by atoms with E-state index >= 15 is 0 Å². The van der Waals surface area contributed by atoms with Crippen LogP contribution in [-0.2, 0) is 6.61 Å². The largest absolute Gasteiger partial charge is 0.392 e. The van der Waals surface area contributed by atoms with Crippen LogP contribution in [0, 0.1) is 20.8 Å². The molecule has 0 unspecified atom stereocenters. The van der Waals surface area contributed by atoms with Gasteiger partial charge >= 0.3 is 0 Å². The monoisotopic (exact) mass is 228 g/mol. The second kappa shape index (κ2) is 3.58. The van der Waals surface area contributed by atoms with Gasteiger partial charge in [-0.25, -0.2) is 0 Å². The highest BCUT2D eigenvalue weighted by atomic mass is 79.9. The Morgan fingerprint density at radius 3 is 2.33 bits per heavy atom. The zero-order valence-corrected chi connectivity index (χ0v) is 9.20. The van der Waals surface area contributed by atoms with Gasteiger partial charge in [0.15, 0.2) is 0 Å². The number of rotatable bonds is 1. The first-order chi connectivity index (χ1) is 5.57. The Hall–Kier alpha value is -0.340. The van der Waals surface area contributed by atoms with Gasteiger partial charge in [-0.05, 0) is 43.0 Å². The van der Waals surface area contributed by atoms with Crippen LogP contribution < -0.4 is 0 Å². The van der Waals surface area contributed by atoms with Crippen LogP contribution in [0.3, 0.4) is 0 Å². The fourth-order valence-electron chi connectivity index (χ4n) is 1.44. The maximum absolute atomic E-state index is 9.09. The number of aryl methyl sites for hydroxylation is 2. The summed E-state index contributed by atoms with van der Waals surface area (Å²) >= 11 is 3.49. The Kier molecular flexibility index (Phi) is 2.91. The molecular formula is C10H13BrO. The molecule has 0 fully saturated rings. The van der Waals surface area contributed by atoms with Crippen LogP contribution in [0.4, 0.5) is 0 Å². The van der Waals surface area contributed by atoms with Crippen LogP contribution in [0.1, 0.15) is 22.3 Å². The Labute approximate surface area is 81.6 Å². The summed E-state index contributed by atoms with van der Waals surface area (Å²) in [5, 5.41) is 9.09. The molecule has 1 aromatic carbocycles. The lowest BCUT2D eigenvalue weighted by atomic mass is 10.0. The molecule has 2 heteroatoms. The normalized spacial score (nSPS) is 10.4. The second-order valence-corrected chi connectivity index (χ2v) is 3.88. The Morgan fingerprint density at radius 1 is 1.25 bits per heavy atom. The maximum Gasteiger partial charge on any atom is 0.0687 e. The van der Waals surface area contributed by atoms with Crippen molar-refractivity contribution in [2.75, 3.05) is 0 Å². The van der Waals surface area contributed by atoms with Crippen LogP contribution in [-0.4, -0.2) is 5.11 Å². The van der Waals surface area contributed by atoms with Gasteiger partial charge in [-0.2, -0.15) is 0 Å². The molecule has 1 N–H and O–H groups in total. The van der Waals surface area contributed by atoms with Gasteiger partial charge in [0.25, 0.3) is 0 Å². The third kappa shape index (κ3) is 1.54. The smallest absolute Gasteiger partial charge is 0.0687 e. The molecule has 0 aliphatic heterocycles. The van der Waals surface area contributed by atoms with E-state index in [-0.39, 0.29) is 6.61 Å². The highest BCUT2D eigenvalue weighted by Gasteiger charge is 2.07. The van der Waals surface area contributed by atoms with Crippen LogP contribution in [0.2, 0.25) is 0 Å². The number of hydrogen-bond acceptors (Lipinski definition) is 1. The molecule has 0 saturated heterocycles. The van der Waals surface area contributed by atoms with E-state index in [1.165, 1.54) is 5.56 Å². The van der Waals surface area contributed by atoms with E-state index in [0.717, 1.165) is 21.2 Å². The van der Waals surface area contributed by atoms with Crippen molar-refractivity contribution >= 4 is 15.9 Å². The average Bonchev–Trinajstić information content (AvgIpc) is 2.01. The highest BCUT2D eigenvalue weighted by molar-refractivity contribution is 9.10. The molecule has 0 saturated carbocycles. The van der Waals surface area contributed by atoms with E-state index in [4.69, 9.17) is 5.11 Å². The van der Waals surface area contributed by atoms with E-state index in [1.54, 1.807) is 0 Å². The van der Waals surface area contributed by atoms with Crippen molar-refractivity contribution in [2.45, 2.75) is 27.4 Å². The lowest BCUT2D eigenvalue weighted by Gasteiger charge is -2.11. The predicted octanol–water partition coefficient (Wildman–Crippen LogP) is 2.87. The number of aliphatic hydroxyl groups excluding tert-OH is 1. The standard InChI is InChI=1S/C10H13BrO/c1-6-4-7(2)10(11)8(3)9(6)5-12/h4,12H,5H2,1-3H3. The Bertz CT molecular complexity index is 305. The summed E-state index contributed by atoms with van der Waals surface area (Å²) in [5.41, 5.74) is 4.57. The Balaban J connectivity index is 3.40. The average molecular weight is 229 g/mol. The molecule has 0 bridgehead atoms. The van der Waals surface area contributed by atoms with E-state index in [1.807, 2.05) is 13.8 Å². The lowest BCUT2D eigenvalue weighted by Crippen LogP contribution is -1.96. The highest BCUT2D eigenvalue weighted by Crippen LogP contribution is 2.26. The van der Waals surface area contributed by atoms with Gasteiger partial charge in [0.1, 0.15) is 0 Å². The van der Waals surface area contributed by atoms with Gasteiger partial charge < -0.3 is 5.11 Å². The molecule has 0 aliphatic carbocycles. The summed E-state index contributed by atoms with van der Waals surface area (Å²) in [6.07, 6.45) is 0. The molecule has 1 nitrogen and oxygen atoms in total. The molecule has 0 aromatic heterocycles. The van der Waals surface area contributed by atoms with Gasteiger partial charge in [0.05, 0.1) is 6.61 Å². The minimum absolute atomic E-state index is 0.122. The van der Waals surface area contributed by atoms with E-state index in [2.05, 4.69) is 28.9 Å². The van der Waals surface area contributed by atoms with Crippen molar-refractivity contribution in [3.63, 3.8) is 0 Å². The fraction of sp³-hybridized carbons (Fsp3) is 0.400. The van der Waals surface area contributed by atoms with Gasteiger partial charge in [-0.3, -0.25) is 0 Å². The van der Waals surface area contributed by atoms with E-state index in [0.29, 0.717) is 0 Å². The molecule has 0 amide bonds. The van der Waals surface area contributed by atoms with Crippen molar-refractivity contribution in [2.24, 2.45) is 0 Å². The second-order valence-electron chi connectivity index (χ2n) is 3.09. The number of hydrogen-bond donors (Lipinski definition) is 1. The van der Waals surface area contributed by atoms with Crippen molar-refractivity contribution < 1.29 is 5.11 Å². The van der Waals surface area contributed by atoms with Crippen LogP contribution in [0.5, 0.6) is 0 Å². The molecule has 1 rings (SSSR count). The molecule has 0 atom stereocenters. The SMILES string of the molecule is Cc1cc(C)c(CO)c(C)c1Br. The minimum Gasteiger partial charge on any atom is -0.392 e. The molecular weight excluding hydrogens is 216 g/mol. The molecule has 0 heterocycles. The number of halogens is 1. The summed E-state index contributed by atoms with van der Waals surface area (Å²) in [7, 11) is 0. The number of benzene rings is 1. The predicted molar refractivity (Wildman–Crippen MR) is 54.3 cm³/mol.